The van der Waals surface area contributed by atoms with Crippen LogP contribution >= 0.6 is 0 Å². The summed E-state index contributed by atoms with van der Waals surface area (Å²) in [6, 6.07) is 7.25. The van der Waals surface area contributed by atoms with E-state index in [9.17, 15) is 9.59 Å². The quantitative estimate of drug-likeness (QED) is 0.625. The summed E-state index contributed by atoms with van der Waals surface area (Å²) in [6.45, 7) is 5.04. The van der Waals surface area contributed by atoms with E-state index < -0.39 is 0 Å². The third-order valence-electron chi connectivity index (χ3n) is 4.78. The van der Waals surface area contributed by atoms with Crippen molar-refractivity contribution in [1.82, 2.24) is 10.2 Å². The number of carbonyl (C=O) groups excluding carboxylic acids is 2. The summed E-state index contributed by atoms with van der Waals surface area (Å²) in [7, 11) is 0. The van der Waals surface area contributed by atoms with Crippen molar-refractivity contribution in [1.29, 1.82) is 0 Å². The summed E-state index contributed by atoms with van der Waals surface area (Å²) in [5.41, 5.74) is 1.33. The van der Waals surface area contributed by atoms with Crippen molar-refractivity contribution in [2.45, 2.75) is 58.3 Å². The molecule has 1 aliphatic heterocycles. The Kier molecular flexibility index (Phi) is 9.18. The Bertz CT molecular complexity index is 568. The van der Waals surface area contributed by atoms with Crippen LogP contribution in [0.4, 0.5) is 5.69 Å². The van der Waals surface area contributed by atoms with E-state index in [2.05, 4.69) is 17.6 Å². The Balaban J connectivity index is 1.73. The lowest BCUT2D eigenvalue weighted by Crippen LogP contribution is -2.35. The first-order valence-electron chi connectivity index (χ1n) is 10.1. The number of benzene rings is 1. The highest BCUT2D eigenvalue weighted by atomic mass is 16.2. The van der Waals surface area contributed by atoms with Gasteiger partial charge in [-0.05, 0) is 50.4 Å². The highest BCUT2D eigenvalue weighted by Crippen LogP contribution is 2.16. The molecular weight excluding hydrogens is 326 g/mol. The molecule has 1 aliphatic rings. The lowest BCUT2D eigenvalue weighted by Gasteiger charge is -2.26. The van der Waals surface area contributed by atoms with Gasteiger partial charge in [-0.2, -0.15) is 0 Å². The molecule has 5 heteroatoms. The normalized spacial score (nSPS) is 14.3. The molecule has 0 saturated carbocycles. The first-order valence-corrected chi connectivity index (χ1v) is 10.1. The van der Waals surface area contributed by atoms with Crippen LogP contribution in [0.5, 0.6) is 0 Å². The first kappa shape index (κ1) is 20.4. The molecule has 0 radical (unpaired) electrons. The van der Waals surface area contributed by atoms with Crippen molar-refractivity contribution in [2.24, 2.45) is 0 Å². The Morgan fingerprint density at radius 3 is 2.58 bits per heavy atom. The van der Waals surface area contributed by atoms with E-state index in [-0.39, 0.29) is 11.8 Å². The number of hydrogen-bond donors (Lipinski definition) is 2. The van der Waals surface area contributed by atoms with Gasteiger partial charge in [0.15, 0.2) is 0 Å². The third kappa shape index (κ3) is 7.16. The number of anilines is 1. The van der Waals surface area contributed by atoms with Crippen LogP contribution in [-0.4, -0.2) is 42.9 Å². The molecule has 1 aromatic carbocycles. The van der Waals surface area contributed by atoms with Gasteiger partial charge in [-0.3, -0.25) is 9.59 Å². The molecular formula is C21H33N3O2. The van der Waals surface area contributed by atoms with Crippen molar-refractivity contribution >= 4 is 17.5 Å². The zero-order valence-electron chi connectivity index (χ0n) is 16.1. The molecule has 144 valence electrons. The molecule has 1 fully saturated rings. The number of piperidine rings is 1. The number of amides is 2. The molecule has 2 N–H and O–H groups in total. The fourth-order valence-electron chi connectivity index (χ4n) is 3.27. The molecule has 1 heterocycles. The Morgan fingerprint density at radius 1 is 1.04 bits per heavy atom. The van der Waals surface area contributed by atoms with Gasteiger partial charge >= 0.3 is 0 Å². The summed E-state index contributed by atoms with van der Waals surface area (Å²) >= 11 is 0. The number of likely N-dealkylation sites (tertiary alicyclic amines) is 1. The van der Waals surface area contributed by atoms with Crippen molar-refractivity contribution in [3.63, 3.8) is 0 Å². The summed E-state index contributed by atoms with van der Waals surface area (Å²) < 4.78 is 0. The van der Waals surface area contributed by atoms with Gasteiger partial charge in [0, 0.05) is 24.3 Å². The van der Waals surface area contributed by atoms with Crippen LogP contribution in [0.1, 0.15) is 68.6 Å². The van der Waals surface area contributed by atoms with E-state index in [0.29, 0.717) is 17.8 Å². The van der Waals surface area contributed by atoms with Gasteiger partial charge < -0.3 is 15.5 Å². The van der Waals surface area contributed by atoms with Gasteiger partial charge in [0.1, 0.15) is 0 Å². The maximum absolute atomic E-state index is 12.6. The minimum atomic E-state index is -0.0684. The Hall–Kier alpha value is -1.88. The third-order valence-corrected chi connectivity index (χ3v) is 4.78. The fourth-order valence-corrected chi connectivity index (χ4v) is 3.27. The van der Waals surface area contributed by atoms with Gasteiger partial charge in [-0.15, -0.1) is 0 Å². The smallest absolute Gasteiger partial charge is 0.253 e. The minimum Gasteiger partial charge on any atom is -0.339 e. The number of nitrogens with one attached hydrogen (secondary N) is 2. The molecule has 2 amide bonds. The molecule has 0 aromatic heterocycles. The van der Waals surface area contributed by atoms with Gasteiger partial charge in [0.05, 0.1) is 6.54 Å². The van der Waals surface area contributed by atoms with E-state index in [1.807, 2.05) is 23.1 Å². The Labute approximate surface area is 157 Å². The summed E-state index contributed by atoms with van der Waals surface area (Å²) in [5, 5.41) is 6.06. The van der Waals surface area contributed by atoms with Crippen LogP contribution in [-0.2, 0) is 4.79 Å². The van der Waals surface area contributed by atoms with Crippen LogP contribution in [0.15, 0.2) is 24.3 Å². The van der Waals surface area contributed by atoms with Crippen LogP contribution < -0.4 is 10.6 Å². The van der Waals surface area contributed by atoms with E-state index in [0.717, 1.165) is 38.9 Å². The summed E-state index contributed by atoms with van der Waals surface area (Å²) in [6.07, 6.45) is 9.46. The zero-order chi connectivity index (χ0) is 18.6. The maximum Gasteiger partial charge on any atom is 0.253 e. The lowest BCUT2D eigenvalue weighted by atomic mass is 10.1. The number of nitrogens with zero attached hydrogens (tertiary/aromatic N) is 1. The average Bonchev–Trinajstić information content (AvgIpc) is 2.67. The number of rotatable bonds is 10. The number of unbranched alkanes of at least 4 members (excludes halogenated alkanes) is 4. The predicted octanol–water partition coefficient (Wildman–Crippen LogP) is 3.81. The zero-order valence-corrected chi connectivity index (χ0v) is 16.1. The molecule has 0 aliphatic carbocycles. The largest absolute Gasteiger partial charge is 0.339 e. The monoisotopic (exact) mass is 359 g/mol. The van der Waals surface area contributed by atoms with Gasteiger partial charge in [0.2, 0.25) is 5.91 Å². The molecule has 1 aromatic rings. The second-order valence-electron chi connectivity index (χ2n) is 7.07. The van der Waals surface area contributed by atoms with E-state index >= 15 is 0 Å². The maximum atomic E-state index is 12.6. The molecule has 0 bridgehead atoms. The van der Waals surface area contributed by atoms with Crippen LogP contribution in [0, 0.1) is 0 Å². The number of carbonyl (C=O) groups is 2. The minimum absolute atomic E-state index is 0.0611. The van der Waals surface area contributed by atoms with Crippen molar-refractivity contribution in [2.75, 3.05) is 31.5 Å². The van der Waals surface area contributed by atoms with Crippen LogP contribution in [0.25, 0.3) is 0 Å². The Morgan fingerprint density at radius 2 is 1.81 bits per heavy atom. The molecule has 0 atom stereocenters. The molecule has 2 rings (SSSR count). The van der Waals surface area contributed by atoms with Crippen LogP contribution in [0.3, 0.4) is 0 Å². The molecule has 5 nitrogen and oxygen atoms in total. The summed E-state index contributed by atoms with van der Waals surface area (Å²) in [4.78, 5) is 26.5. The molecule has 26 heavy (non-hydrogen) atoms. The summed E-state index contributed by atoms with van der Waals surface area (Å²) in [5.74, 6) is -0.00728. The second-order valence-corrected chi connectivity index (χ2v) is 7.07. The number of hydrogen-bond acceptors (Lipinski definition) is 3. The van der Waals surface area contributed by atoms with Gasteiger partial charge in [-0.25, -0.2) is 0 Å². The van der Waals surface area contributed by atoms with E-state index in [1.165, 1.54) is 32.1 Å². The molecule has 1 saturated heterocycles. The molecule has 0 unspecified atom stereocenters. The average molecular weight is 360 g/mol. The lowest BCUT2D eigenvalue weighted by molar-refractivity contribution is -0.115. The SMILES string of the molecule is CCCCCCCNCC(=O)Nc1cccc(C(=O)N2CCCCC2)c1. The van der Waals surface area contributed by atoms with E-state index in [1.54, 1.807) is 6.07 Å². The second kappa shape index (κ2) is 11.7. The fraction of sp³-hybridized carbons (Fsp3) is 0.619. The predicted molar refractivity (Wildman–Crippen MR) is 106 cm³/mol. The highest BCUT2D eigenvalue weighted by Gasteiger charge is 2.18. The van der Waals surface area contributed by atoms with Gasteiger partial charge in [0.25, 0.3) is 5.91 Å². The van der Waals surface area contributed by atoms with E-state index in [4.69, 9.17) is 0 Å². The van der Waals surface area contributed by atoms with Crippen LogP contribution in [0.2, 0.25) is 0 Å². The van der Waals surface area contributed by atoms with Crippen molar-refractivity contribution in [3.05, 3.63) is 29.8 Å². The van der Waals surface area contributed by atoms with Crippen molar-refractivity contribution < 1.29 is 9.59 Å². The first-order chi connectivity index (χ1) is 12.7. The topological polar surface area (TPSA) is 61.4 Å². The highest BCUT2D eigenvalue weighted by molar-refractivity contribution is 5.97. The molecule has 0 spiro atoms. The standard InChI is InChI=1S/C21H33N3O2/c1-2-3-4-5-7-13-22-17-20(25)23-19-12-10-11-18(16-19)21(26)24-14-8-6-9-15-24/h10-12,16,22H,2-9,13-15,17H2,1H3,(H,23,25). The van der Waals surface area contributed by atoms with Crippen molar-refractivity contribution in [3.8, 4) is 0 Å². The van der Waals surface area contributed by atoms with Gasteiger partial charge in [-0.1, -0.05) is 38.7 Å².